The van der Waals surface area contributed by atoms with Crippen molar-refractivity contribution in [2.45, 2.75) is 13.5 Å². The summed E-state index contributed by atoms with van der Waals surface area (Å²) in [7, 11) is 1.28. The van der Waals surface area contributed by atoms with Crippen molar-refractivity contribution < 1.29 is 14.6 Å². The summed E-state index contributed by atoms with van der Waals surface area (Å²) in [5, 5.41) is 15.8. The number of rotatable bonds is 5. The van der Waals surface area contributed by atoms with Crippen LogP contribution >= 0.6 is 0 Å². The van der Waals surface area contributed by atoms with Crippen molar-refractivity contribution in [3.63, 3.8) is 0 Å². The number of hydrogen-bond acceptors (Lipinski definition) is 6. The maximum absolute atomic E-state index is 11.5. The minimum Gasteiger partial charge on any atom is -0.465 e. The summed E-state index contributed by atoms with van der Waals surface area (Å²) < 4.78 is 5.99. The molecule has 16 heavy (non-hydrogen) atoms. The number of nitrogens with zero attached hydrogens (tertiary/aromatic N) is 2. The van der Waals surface area contributed by atoms with Gasteiger partial charge in [0.25, 0.3) is 0 Å². The number of aromatic nitrogens is 2. The Morgan fingerprint density at radius 1 is 1.69 bits per heavy atom. The van der Waals surface area contributed by atoms with Crippen molar-refractivity contribution in [1.29, 1.82) is 0 Å². The van der Waals surface area contributed by atoms with Crippen molar-refractivity contribution in [3.05, 3.63) is 5.56 Å². The number of aliphatic hydroxyl groups excluding tert-OH is 1. The second kappa shape index (κ2) is 5.36. The molecule has 0 radical (unpaired) electrons. The Kier molecular flexibility index (Phi) is 4.12. The Balaban J connectivity index is 3.14. The predicted molar refractivity (Wildman–Crippen MR) is 59.2 cm³/mol. The van der Waals surface area contributed by atoms with Gasteiger partial charge in [-0.1, -0.05) is 0 Å². The van der Waals surface area contributed by atoms with Gasteiger partial charge in [0.1, 0.15) is 11.4 Å². The van der Waals surface area contributed by atoms with Crippen LogP contribution in [0.25, 0.3) is 0 Å². The first-order chi connectivity index (χ1) is 7.65. The molecule has 0 aliphatic rings. The highest BCUT2D eigenvalue weighted by atomic mass is 16.5. The van der Waals surface area contributed by atoms with E-state index in [0.29, 0.717) is 12.4 Å². The largest absolute Gasteiger partial charge is 0.465 e. The van der Waals surface area contributed by atoms with Crippen LogP contribution < -0.4 is 11.1 Å². The van der Waals surface area contributed by atoms with Gasteiger partial charge in [-0.3, -0.25) is 0 Å². The number of carbonyl (C=O) groups excluding carboxylic acids is 1. The third kappa shape index (κ3) is 2.25. The molecule has 1 aromatic heterocycles. The molecule has 0 aromatic carbocycles. The number of anilines is 2. The lowest BCUT2D eigenvalue weighted by Crippen LogP contribution is -2.10. The lowest BCUT2D eigenvalue weighted by Gasteiger charge is -2.02. The molecular formula is C9H16N4O3. The van der Waals surface area contributed by atoms with Crippen molar-refractivity contribution in [1.82, 2.24) is 9.78 Å². The number of nitrogens with two attached hydrogens (primary N) is 1. The van der Waals surface area contributed by atoms with E-state index in [0.717, 1.165) is 0 Å². The normalized spacial score (nSPS) is 10.2. The van der Waals surface area contributed by atoms with E-state index in [2.05, 4.69) is 15.2 Å². The Labute approximate surface area is 93.2 Å². The van der Waals surface area contributed by atoms with E-state index >= 15 is 0 Å². The van der Waals surface area contributed by atoms with Gasteiger partial charge in [0, 0.05) is 6.54 Å². The summed E-state index contributed by atoms with van der Waals surface area (Å²) in [6, 6.07) is 0. The Hall–Kier alpha value is -1.76. The number of nitrogen functional groups attached to an aromatic ring is 1. The average molecular weight is 228 g/mol. The lowest BCUT2D eigenvalue weighted by molar-refractivity contribution is 0.0603. The number of methoxy groups -OCH3 is 1. The third-order valence-electron chi connectivity index (χ3n) is 2.04. The van der Waals surface area contributed by atoms with Crippen LogP contribution in [-0.2, 0) is 11.3 Å². The van der Waals surface area contributed by atoms with E-state index in [9.17, 15) is 4.79 Å². The highest BCUT2D eigenvalue weighted by molar-refractivity contribution is 5.99. The molecule has 0 aliphatic carbocycles. The van der Waals surface area contributed by atoms with Gasteiger partial charge in [-0.05, 0) is 6.92 Å². The summed E-state index contributed by atoms with van der Waals surface area (Å²) in [4.78, 5) is 11.5. The topological polar surface area (TPSA) is 102 Å². The van der Waals surface area contributed by atoms with E-state index in [-0.39, 0.29) is 24.5 Å². The van der Waals surface area contributed by atoms with E-state index in [1.54, 1.807) is 0 Å². The fourth-order valence-electron chi connectivity index (χ4n) is 1.33. The molecule has 1 rings (SSSR count). The SMILES string of the molecule is CCNc1nn(CCO)c(N)c1C(=O)OC. The second-order valence-corrected chi connectivity index (χ2v) is 3.08. The Bertz CT molecular complexity index is 375. The first-order valence-electron chi connectivity index (χ1n) is 4.95. The van der Waals surface area contributed by atoms with Gasteiger partial charge in [0.05, 0.1) is 20.3 Å². The first-order valence-corrected chi connectivity index (χ1v) is 4.95. The number of esters is 1. The molecular weight excluding hydrogens is 212 g/mol. The van der Waals surface area contributed by atoms with Crippen molar-refractivity contribution in [2.24, 2.45) is 0 Å². The minimum atomic E-state index is -0.544. The maximum Gasteiger partial charge on any atom is 0.345 e. The molecule has 7 nitrogen and oxygen atoms in total. The molecule has 0 saturated carbocycles. The molecule has 1 heterocycles. The van der Waals surface area contributed by atoms with Crippen LogP contribution in [0.2, 0.25) is 0 Å². The smallest absolute Gasteiger partial charge is 0.345 e. The third-order valence-corrected chi connectivity index (χ3v) is 2.04. The van der Waals surface area contributed by atoms with Gasteiger partial charge in [0.15, 0.2) is 5.82 Å². The summed E-state index contributed by atoms with van der Waals surface area (Å²) in [6.45, 7) is 2.63. The van der Waals surface area contributed by atoms with Crippen LogP contribution in [0.5, 0.6) is 0 Å². The van der Waals surface area contributed by atoms with Crippen LogP contribution in [0.15, 0.2) is 0 Å². The van der Waals surface area contributed by atoms with Gasteiger partial charge in [-0.25, -0.2) is 9.48 Å². The zero-order valence-electron chi connectivity index (χ0n) is 9.36. The number of hydrogen-bond donors (Lipinski definition) is 3. The molecule has 1 aromatic rings. The molecule has 0 unspecified atom stereocenters. The van der Waals surface area contributed by atoms with Crippen LogP contribution in [0.4, 0.5) is 11.6 Å². The van der Waals surface area contributed by atoms with Gasteiger partial charge in [0.2, 0.25) is 0 Å². The van der Waals surface area contributed by atoms with Gasteiger partial charge >= 0.3 is 5.97 Å². The van der Waals surface area contributed by atoms with Crippen molar-refractivity contribution in [3.8, 4) is 0 Å². The van der Waals surface area contributed by atoms with Crippen molar-refractivity contribution >= 4 is 17.6 Å². The zero-order chi connectivity index (χ0) is 12.1. The van der Waals surface area contributed by atoms with Crippen LogP contribution in [0, 0.1) is 0 Å². The monoisotopic (exact) mass is 228 g/mol. The molecule has 0 spiro atoms. The van der Waals surface area contributed by atoms with E-state index in [4.69, 9.17) is 10.8 Å². The molecule has 0 fully saturated rings. The number of aliphatic hydroxyl groups is 1. The lowest BCUT2D eigenvalue weighted by atomic mass is 10.3. The number of ether oxygens (including phenoxy) is 1. The second-order valence-electron chi connectivity index (χ2n) is 3.08. The standard InChI is InChI=1S/C9H16N4O3/c1-3-11-8-6(9(15)16-2)7(10)13(12-8)4-5-14/h14H,3-5,10H2,1-2H3,(H,11,12). The predicted octanol–water partition coefficient (Wildman–Crippen LogP) is -0.324. The summed E-state index contributed by atoms with van der Waals surface area (Å²) in [6.07, 6.45) is 0. The average Bonchev–Trinajstić information content (AvgIpc) is 2.56. The van der Waals surface area contributed by atoms with E-state index in [1.807, 2.05) is 6.92 Å². The Morgan fingerprint density at radius 3 is 2.88 bits per heavy atom. The summed E-state index contributed by atoms with van der Waals surface area (Å²) >= 11 is 0. The summed E-state index contributed by atoms with van der Waals surface area (Å²) in [5.74, 6) is 0.0230. The fourth-order valence-corrected chi connectivity index (χ4v) is 1.33. The molecule has 0 atom stereocenters. The van der Waals surface area contributed by atoms with Gasteiger partial charge < -0.3 is 20.9 Å². The van der Waals surface area contributed by atoms with Crippen molar-refractivity contribution in [2.75, 3.05) is 31.3 Å². The molecule has 4 N–H and O–H groups in total. The molecule has 0 bridgehead atoms. The molecule has 0 amide bonds. The molecule has 0 saturated heterocycles. The quantitative estimate of drug-likeness (QED) is 0.597. The van der Waals surface area contributed by atoms with Gasteiger partial charge in [-0.2, -0.15) is 5.10 Å². The number of nitrogens with one attached hydrogen (secondary N) is 1. The highest BCUT2D eigenvalue weighted by Crippen LogP contribution is 2.22. The van der Waals surface area contributed by atoms with E-state index in [1.165, 1.54) is 11.8 Å². The highest BCUT2D eigenvalue weighted by Gasteiger charge is 2.22. The fraction of sp³-hybridized carbons (Fsp3) is 0.556. The first kappa shape index (κ1) is 12.3. The van der Waals surface area contributed by atoms with Crippen LogP contribution in [-0.4, -0.2) is 41.1 Å². The summed E-state index contributed by atoms with van der Waals surface area (Å²) in [5.41, 5.74) is 5.95. The van der Waals surface area contributed by atoms with E-state index < -0.39 is 5.97 Å². The van der Waals surface area contributed by atoms with Crippen LogP contribution in [0.3, 0.4) is 0 Å². The van der Waals surface area contributed by atoms with Crippen LogP contribution in [0.1, 0.15) is 17.3 Å². The maximum atomic E-state index is 11.5. The minimum absolute atomic E-state index is 0.0991. The number of carbonyl (C=O) groups is 1. The zero-order valence-corrected chi connectivity index (χ0v) is 9.36. The van der Waals surface area contributed by atoms with Gasteiger partial charge in [-0.15, -0.1) is 0 Å². The molecule has 7 heteroatoms. The Morgan fingerprint density at radius 2 is 2.38 bits per heavy atom. The molecule has 0 aliphatic heterocycles. The molecule has 90 valence electrons.